The van der Waals surface area contributed by atoms with Gasteiger partial charge in [-0.15, -0.1) is 11.3 Å². The third-order valence-corrected chi connectivity index (χ3v) is 4.29. The predicted octanol–water partition coefficient (Wildman–Crippen LogP) is 4.11. The summed E-state index contributed by atoms with van der Waals surface area (Å²) in [6.07, 6.45) is 0. The lowest BCUT2D eigenvalue weighted by atomic mass is 10.2. The second kappa shape index (κ2) is 7.18. The van der Waals surface area contributed by atoms with Crippen molar-refractivity contribution in [3.05, 3.63) is 39.9 Å². The molecule has 0 fully saturated rings. The van der Waals surface area contributed by atoms with E-state index in [1.165, 1.54) is 4.88 Å². The lowest BCUT2D eigenvalue weighted by molar-refractivity contribution is 0.181. The summed E-state index contributed by atoms with van der Waals surface area (Å²) in [7, 11) is 1.69. The maximum absolute atomic E-state index is 6.24. The van der Waals surface area contributed by atoms with Crippen LogP contribution in [0.5, 0.6) is 0 Å². The zero-order chi connectivity index (χ0) is 14.5. The molecule has 0 spiro atoms. The Kier molecular flexibility index (Phi) is 5.54. The van der Waals surface area contributed by atoms with Gasteiger partial charge >= 0.3 is 0 Å². The number of aromatic nitrogens is 1. The number of hydrogen-bond acceptors (Lipinski definition) is 4. The first-order chi connectivity index (χ1) is 9.61. The molecule has 0 saturated carbocycles. The van der Waals surface area contributed by atoms with Gasteiger partial charge in [-0.1, -0.05) is 43.6 Å². The van der Waals surface area contributed by atoms with Gasteiger partial charge in [-0.25, -0.2) is 4.98 Å². The maximum atomic E-state index is 6.24. The summed E-state index contributed by atoms with van der Waals surface area (Å²) in [5, 5.41) is 5.10. The molecule has 20 heavy (non-hydrogen) atoms. The van der Waals surface area contributed by atoms with Gasteiger partial charge < -0.3 is 10.1 Å². The van der Waals surface area contributed by atoms with Crippen molar-refractivity contribution in [2.45, 2.75) is 33.0 Å². The van der Waals surface area contributed by atoms with Crippen LogP contribution >= 0.6 is 22.9 Å². The Labute approximate surface area is 129 Å². The third kappa shape index (κ3) is 3.79. The first-order valence-electron chi connectivity index (χ1n) is 6.57. The summed E-state index contributed by atoms with van der Waals surface area (Å²) in [6.45, 7) is 5.59. The molecule has 0 radical (unpaired) electrons. The van der Waals surface area contributed by atoms with Crippen LogP contribution in [0.15, 0.2) is 24.3 Å². The van der Waals surface area contributed by atoms with Gasteiger partial charge in [-0.05, 0) is 6.07 Å². The van der Waals surface area contributed by atoms with Crippen molar-refractivity contribution in [2.75, 3.05) is 7.11 Å². The van der Waals surface area contributed by atoms with Crippen molar-refractivity contribution >= 4 is 22.9 Å². The standard InChI is InChI=1S/C15H19ClN2OS/c1-10(2)17-8-14-13(9-19-3)18-15(20-14)11-6-4-5-7-12(11)16/h4-7,10,17H,8-9H2,1-3H3. The Morgan fingerprint density at radius 2 is 2.10 bits per heavy atom. The van der Waals surface area contributed by atoms with E-state index in [1.54, 1.807) is 18.4 Å². The number of nitrogens with one attached hydrogen (secondary N) is 1. The van der Waals surface area contributed by atoms with Gasteiger partial charge in [0, 0.05) is 30.1 Å². The van der Waals surface area contributed by atoms with Crippen LogP contribution in [0.2, 0.25) is 5.02 Å². The highest BCUT2D eigenvalue weighted by molar-refractivity contribution is 7.15. The van der Waals surface area contributed by atoms with Gasteiger partial charge in [0.15, 0.2) is 0 Å². The monoisotopic (exact) mass is 310 g/mol. The van der Waals surface area contributed by atoms with Crippen LogP contribution < -0.4 is 5.32 Å². The summed E-state index contributed by atoms with van der Waals surface area (Å²) in [5.41, 5.74) is 1.97. The quantitative estimate of drug-likeness (QED) is 0.872. The largest absolute Gasteiger partial charge is 0.378 e. The van der Waals surface area contributed by atoms with Gasteiger partial charge in [-0.2, -0.15) is 0 Å². The van der Waals surface area contributed by atoms with E-state index in [4.69, 9.17) is 16.3 Å². The number of rotatable bonds is 6. The van der Waals surface area contributed by atoms with E-state index in [0.29, 0.717) is 12.6 Å². The number of thiazole rings is 1. The summed E-state index contributed by atoms with van der Waals surface area (Å²) in [4.78, 5) is 5.88. The van der Waals surface area contributed by atoms with E-state index in [-0.39, 0.29) is 0 Å². The number of halogens is 1. The van der Waals surface area contributed by atoms with Gasteiger partial charge in [0.1, 0.15) is 5.01 Å². The fourth-order valence-electron chi connectivity index (χ4n) is 1.82. The maximum Gasteiger partial charge on any atom is 0.125 e. The van der Waals surface area contributed by atoms with Crippen LogP contribution in [0.1, 0.15) is 24.4 Å². The molecule has 1 N–H and O–H groups in total. The smallest absolute Gasteiger partial charge is 0.125 e. The molecule has 1 aromatic carbocycles. The van der Waals surface area contributed by atoms with Crippen LogP contribution in [0.25, 0.3) is 10.6 Å². The Bertz CT molecular complexity index is 569. The van der Waals surface area contributed by atoms with E-state index in [0.717, 1.165) is 27.8 Å². The van der Waals surface area contributed by atoms with Gasteiger partial charge in [-0.3, -0.25) is 0 Å². The molecule has 0 aliphatic rings. The Morgan fingerprint density at radius 1 is 1.35 bits per heavy atom. The zero-order valence-electron chi connectivity index (χ0n) is 11.9. The van der Waals surface area contributed by atoms with Crippen LogP contribution in [0.3, 0.4) is 0 Å². The van der Waals surface area contributed by atoms with E-state index in [1.807, 2.05) is 24.3 Å². The number of hydrogen-bond donors (Lipinski definition) is 1. The summed E-state index contributed by atoms with van der Waals surface area (Å²) in [5.74, 6) is 0. The van der Waals surface area contributed by atoms with Gasteiger partial charge in [0.2, 0.25) is 0 Å². The summed E-state index contributed by atoms with van der Waals surface area (Å²) >= 11 is 7.92. The summed E-state index contributed by atoms with van der Waals surface area (Å²) < 4.78 is 5.24. The molecule has 0 atom stereocenters. The fraction of sp³-hybridized carbons (Fsp3) is 0.400. The average Bonchev–Trinajstić information content (AvgIpc) is 2.80. The number of methoxy groups -OCH3 is 1. The molecule has 3 nitrogen and oxygen atoms in total. The molecule has 0 aliphatic heterocycles. The molecule has 0 saturated heterocycles. The lowest BCUT2D eigenvalue weighted by Gasteiger charge is -2.07. The van der Waals surface area contributed by atoms with Crippen LogP contribution in [-0.2, 0) is 17.9 Å². The highest BCUT2D eigenvalue weighted by Gasteiger charge is 2.14. The van der Waals surface area contributed by atoms with Gasteiger partial charge in [0.05, 0.1) is 17.3 Å². The highest BCUT2D eigenvalue weighted by atomic mass is 35.5. The molecule has 0 aliphatic carbocycles. The highest BCUT2D eigenvalue weighted by Crippen LogP contribution is 2.33. The predicted molar refractivity (Wildman–Crippen MR) is 85.2 cm³/mol. The first-order valence-corrected chi connectivity index (χ1v) is 7.77. The third-order valence-electron chi connectivity index (χ3n) is 2.83. The van der Waals surface area contributed by atoms with Crippen molar-refractivity contribution in [2.24, 2.45) is 0 Å². The number of nitrogens with zero attached hydrogens (tertiary/aromatic N) is 1. The average molecular weight is 311 g/mol. The Morgan fingerprint density at radius 3 is 2.75 bits per heavy atom. The molecule has 2 rings (SSSR count). The van der Waals surface area contributed by atoms with Crippen molar-refractivity contribution in [1.29, 1.82) is 0 Å². The summed E-state index contributed by atoms with van der Waals surface area (Å²) in [6, 6.07) is 8.23. The van der Waals surface area contributed by atoms with Gasteiger partial charge in [0.25, 0.3) is 0 Å². The minimum Gasteiger partial charge on any atom is -0.378 e. The van der Waals surface area contributed by atoms with E-state index in [9.17, 15) is 0 Å². The number of ether oxygens (including phenoxy) is 1. The van der Waals surface area contributed by atoms with Crippen molar-refractivity contribution in [3.63, 3.8) is 0 Å². The number of benzene rings is 1. The Balaban J connectivity index is 2.31. The second-order valence-electron chi connectivity index (χ2n) is 4.84. The SMILES string of the molecule is COCc1nc(-c2ccccc2Cl)sc1CNC(C)C. The molecule has 2 aromatic rings. The van der Waals surface area contributed by atoms with Crippen LogP contribution in [0, 0.1) is 0 Å². The fourth-order valence-corrected chi connectivity index (χ4v) is 3.15. The molecule has 5 heteroatoms. The molecule has 0 bridgehead atoms. The van der Waals surface area contributed by atoms with Crippen LogP contribution in [0.4, 0.5) is 0 Å². The molecule has 0 amide bonds. The molecular formula is C15H19ClN2OS. The normalized spacial score (nSPS) is 11.2. The van der Waals surface area contributed by atoms with Crippen LogP contribution in [-0.4, -0.2) is 18.1 Å². The van der Waals surface area contributed by atoms with E-state index in [2.05, 4.69) is 24.1 Å². The van der Waals surface area contributed by atoms with E-state index < -0.39 is 0 Å². The molecule has 1 aromatic heterocycles. The zero-order valence-corrected chi connectivity index (χ0v) is 13.5. The lowest BCUT2D eigenvalue weighted by Crippen LogP contribution is -2.21. The molecule has 0 unspecified atom stereocenters. The topological polar surface area (TPSA) is 34.1 Å². The Hall–Kier alpha value is -0.940. The molecule has 1 heterocycles. The minimum atomic E-state index is 0.441. The first kappa shape index (κ1) is 15.4. The van der Waals surface area contributed by atoms with E-state index >= 15 is 0 Å². The van der Waals surface area contributed by atoms with Crippen molar-refractivity contribution in [3.8, 4) is 10.6 Å². The second-order valence-corrected chi connectivity index (χ2v) is 6.33. The minimum absolute atomic E-state index is 0.441. The van der Waals surface area contributed by atoms with Crippen molar-refractivity contribution in [1.82, 2.24) is 10.3 Å². The van der Waals surface area contributed by atoms with Crippen molar-refractivity contribution < 1.29 is 4.74 Å². The molecular weight excluding hydrogens is 292 g/mol. The molecule has 108 valence electrons.